The van der Waals surface area contributed by atoms with Gasteiger partial charge in [0.25, 0.3) is 5.91 Å². The Kier molecular flexibility index (Phi) is 5.25. The maximum atomic E-state index is 13.5. The largest absolute Gasteiger partial charge is 0.329 e. The molecule has 1 amide bonds. The molecule has 0 radical (unpaired) electrons. The number of aryl methyl sites for hydroxylation is 1. The molecule has 148 valence electrons. The minimum absolute atomic E-state index is 0.0685. The topological polar surface area (TPSA) is 66.5 Å². The summed E-state index contributed by atoms with van der Waals surface area (Å²) in [6.45, 7) is 2.05. The molecule has 1 atom stereocenters. The van der Waals surface area contributed by atoms with E-state index in [9.17, 15) is 13.2 Å². The Hall–Kier alpha value is -2.18. The van der Waals surface area contributed by atoms with Crippen LogP contribution in [0.25, 0.3) is 0 Å². The molecule has 0 bridgehead atoms. The van der Waals surface area contributed by atoms with Crippen LogP contribution in [0.3, 0.4) is 0 Å². The molecule has 2 aromatic carbocycles. The van der Waals surface area contributed by atoms with Crippen LogP contribution in [0.5, 0.6) is 0 Å². The second-order valence-electron chi connectivity index (χ2n) is 7.58. The molecule has 1 fully saturated rings. The number of carbonyl (C=O) groups excluding carboxylic acids is 1. The maximum absolute atomic E-state index is 13.5. The highest BCUT2D eigenvalue weighted by Gasteiger charge is 2.39. The Balaban J connectivity index is 1.68. The Labute approximate surface area is 166 Å². The van der Waals surface area contributed by atoms with Gasteiger partial charge in [0.1, 0.15) is 0 Å². The fourth-order valence-electron chi connectivity index (χ4n) is 4.15. The molecule has 1 saturated carbocycles. The van der Waals surface area contributed by atoms with Gasteiger partial charge in [0.2, 0.25) is 10.0 Å². The summed E-state index contributed by atoms with van der Waals surface area (Å²) in [6, 6.07) is 15.1. The third kappa shape index (κ3) is 3.71. The van der Waals surface area contributed by atoms with E-state index in [1.54, 1.807) is 19.1 Å². The molecule has 5 nitrogen and oxygen atoms in total. The zero-order valence-corrected chi connectivity index (χ0v) is 16.9. The molecule has 6 heteroatoms. The first kappa shape index (κ1) is 19.2. The molecule has 0 heterocycles. The van der Waals surface area contributed by atoms with Crippen LogP contribution in [0, 0.1) is 0 Å². The van der Waals surface area contributed by atoms with Crippen LogP contribution in [-0.2, 0) is 16.4 Å². The van der Waals surface area contributed by atoms with Gasteiger partial charge in [-0.2, -0.15) is 0 Å². The Bertz CT molecular complexity index is 983. The third-order valence-corrected chi connectivity index (χ3v) is 7.12. The van der Waals surface area contributed by atoms with Gasteiger partial charge in [-0.3, -0.25) is 4.79 Å². The quantitative estimate of drug-likeness (QED) is 0.807. The summed E-state index contributed by atoms with van der Waals surface area (Å²) < 4.78 is 27.2. The van der Waals surface area contributed by atoms with E-state index in [4.69, 9.17) is 0 Å². The predicted molar refractivity (Wildman–Crippen MR) is 109 cm³/mol. The lowest BCUT2D eigenvalue weighted by molar-refractivity contribution is 0.0637. The molecule has 0 spiro atoms. The Morgan fingerprint density at radius 1 is 1.11 bits per heavy atom. The van der Waals surface area contributed by atoms with Crippen molar-refractivity contribution in [2.45, 2.75) is 56.0 Å². The lowest BCUT2D eigenvalue weighted by Crippen LogP contribution is -2.38. The van der Waals surface area contributed by atoms with Gasteiger partial charge in [-0.15, -0.1) is 0 Å². The van der Waals surface area contributed by atoms with Crippen molar-refractivity contribution >= 4 is 15.9 Å². The van der Waals surface area contributed by atoms with E-state index >= 15 is 0 Å². The fourth-order valence-corrected chi connectivity index (χ4v) is 5.24. The molecule has 1 N–H and O–H groups in total. The number of benzene rings is 2. The lowest BCUT2D eigenvalue weighted by atomic mass is 9.86. The average molecular weight is 399 g/mol. The van der Waals surface area contributed by atoms with Crippen molar-refractivity contribution in [3.05, 3.63) is 65.2 Å². The molecule has 0 saturated heterocycles. The second kappa shape index (κ2) is 7.68. The van der Waals surface area contributed by atoms with Crippen molar-refractivity contribution in [1.82, 2.24) is 9.62 Å². The van der Waals surface area contributed by atoms with Crippen LogP contribution in [-0.4, -0.2) is 31.8 Å². The number of carbonyl (C=O) groups is 1. The average Bonchev–Trinajstić information content (AvgIpc) is 3.53. The molecule has 2 aromatic rings. The van der Waals surface area contributed by atoms with Crippen LogP contribution >= 0.6 is 0 Å². The van der Waals surface area contributed by atoms with Gasteiger partial charge >= 0.3 is 0 Å². The van der Waals surface area contributed by atoms with E-state index in [-0.39, 0.29) is 22.9 Å². The number of nitrogens with one attached hydrogen (secondary N) is 1. The highest BCUT2D eigenvalue weighted by molar-refractivity contribution is 7.89. The van der Waals surface area contributed by atoms with Gasteiger partial charge in [0, 0.05) is 18.2 Å². The van der Waals surface area contributed by atoms with Gasteiger partial charge in [0.15, 0.2) is 0 Å². The molecule has 1 unspecified atom stereocenters. The standard InChI is InChI=1S/C22H26N2O3S/c1-2-23-28(26,27)19-10-5-9-17(15-19)22(25)24(18-13-14-18)21-12-6-8-16-7-3-4-11-20(16)21/h3-5,7,9-11,15,18,21,23H,2,6,8,12-14H2,1H3. The van der Waals surface area contributed by atoms with Gasteiger partial charge in [-0.25, -0.2) is 13.1 Å². The molecule has 28 heavy (non-hydrogen) atoms. The number of nitrogens with zero attached hydrogens (tertiary/aromatic N) is 1. The van der Waals surface area contributed by atoms with Crippen LogP contribution in [0.4, 0.5) is 0 Å². The summed E-state index contributed by atoms with van der Waals surface area (Å²) in [7, 11) is -3.59. The number of amides is 1. The molecule has 2 aliphatic rings. The summed E-state index contributed by atoms with van der Waals surface area (Å²) in [6.07, 6.45) is 5.09. The molecule has 0 aromatic heterocycles. The number of fused-ring (bicyclic) bond motifs is 1. The summed E-state index contributed by atoms with van der Waals surface area (Å²) in [5.41, 5.74) is 3.00. The summed E-state index contributed by atoms with van der Waals surface area (Å²) in [5.74, 6) is -0.0715. The highest BCUT2D eigenvalue weighted by Crippen LogP contribution is 2.41. The number of rotatable bonds is 6. The van der Waals surface area contributed by atoms with Crippen molar-refractivity contribution in [2.24, 2.45) is 0 Å². The van der Waals surface area contributed by atoms with Crippen molar-refractivity contribution in [2.75, 3.05) is 6.54 Å². The minimum Gasteiger partial charge on any atom is -0.329 e. The Morgan fingerprint density at radius 2 is 1.89 bits per heavy atom. The van der Waals surface area contributed by atoms with Crippen molar-refractivity contribution < 1.29 is 13.2 Å². The summed E-state index contributed by atoms with van der Waals surface area (Å²) in [4.78, 5) is 15.6. The van der Waals surface area contributed by atoms with E-state index in [1.807, 2.05) is 11.0 Å². The molecule has 2 aliphatic carbocycles. The minimum atomic E-state index is -3.59. The summed E-state index contributed by atoms with van der Waals surface area (Å²) in [5, 5.41) is 0. The second-order valence-corrected chi connectivity index (χ2v) is 9.35. The zero-order chi connectivity index (χ0) is 19.7. The predicted octanol–water partition coefficient (Wildman–Crippen LogP) is 3.67. The zero-order valence-electron chi connectivity index (χ0n) is 16.1. The SMILES string of the molecule is CCNS(=O)(=O)c1cccc(C(=O)N(C2CC2)C2CCCc3ccccc32)c1. The molecular weight excluding hydrogens is 372 g/mol. The fraction of sp³-hybridized carbons (Fsp3) is 0.409. The van der Waals surface area contributed by atoms with Gasteiger partial charge in [-0.05, 0) is 61.4 Å². The smallest absolute Gasteiger partial charge is 0.254 e. The monoisotopic (exact) mass is 398 g/mol. The summed E-state index contributed by atoms with van der Waals surface area (Å²) >= 11 is 0. The van der Waals surface area contributed by atoms with Crippen LogP contribution < -0.4 is 4.72 Å². The van der Waals surface area contributed by atoms with E-state index in [1.165, 1.54) is 23.3 Å². The number of sulfonamides is 1. The molecular formula is C22H26N2O3S. The van der Waals surface area contributed by atoms with Gasteiger partial charge in [0.05, 0.1) is 10.9 Å². The van der Waals surface area contributed by atoms with Crippen LogP contribution in [0.2, 0.25) is 0 Å². The lowest BCUT2D eigenvalue weighted by Gasteiger charge is -2.36. The normalized spacial score (nSPS) is 19.1. The van der Waals surface area contributed by atoms with E-state index < -0.39 is 10.0 Å². The number of hydrogen-bond donors (Lipinski definition) is 1. The maximum Gasteiger partial charge on any atom is 0.254 e. The van der Waals surface area contributed by atoms with Crippen molar-refractivity contribution in [3.63, 3.8) is 0 Å². The van der Waals surface area contributed by atoms with Crippen LogP contribution in [0.1, 0.15) is 60.1 Å². The Morgan fingerprint density at radius 3 is 2.64 bits per heavy atom. The van der Waals surface area contributed by atoms with E-state index in [2.05, 4.69) is 22.9 Å². The van der Waals surface area contributed by atoms with Gasteiger partial charge < -0.3 is 4.90 Å². The van der Waals surface area contributed by atoms with E-state index in [0.29, 0.717) is 12.1 Å². The molecule has 4 rings (SSSR count). The first-order chi connectivity index (χ1) is 13.5. The van der Waals surface area contributed by atoms with E-state index in [0.717, 1.165) is 32.1 Å². The first-order valence-electron chi connectivity index (χ1n) is 10.0. The highest BCUT2D eigenvalue weighted by atomic mass is 32.2. The van der Waals surface area contributed by atoms with Crippen LogP contribution in [0.15, 0.2) is 53.4 Å². The molecule has 0 aliphatic heterocycles. The van der Waals surface area contributed by atoms with Gasteiger partial charge in [-0.1, -0.05) is 37.3 Å². The number of hydrogen-bond acceptors (Lipinski definition) is 3. The first-order valence-corrected chi connectivity index (χ1v) is 11.5. The third-order valence-electron chi connectivity index (χ3n) is 5.57. The van der Waals surface area contributed by atoms with Crippen molar-refractivity contribution in [3.8, 4) is 0 Å². The van der Waals surface area contributed by atoms with Crippen molar-refractivity contribution in [1.29, 1.82) is 0 Å².